The molecule has 0 radical (unpaired) electrons. The van der Waals surface area contributed by atoms with Gasteiger partial charge in [-0.15, -0.1) is 11.3 Å². The summed E-state index contributed by atoms with van der Waals surface area (Å²) in [6.45, 7) is 11.9. The van der Waals surface area contributed by atoms with Gasteiger partial charge in [0.25, 0.3) is 5.91 Å². The Bertz CT molecular complexity index is 1350. The molecule has 2 aromatic heterocycles. The number of ether oxygens (including phenoxy) is 3. The van der Waals surface area contributed by atoms with E-state index in [2.05, 4.69) is 12.2 Å². The monoisotopic (exact) mass is 567 g/mol. The first-order valence-electron chi connectivity index (χ1n) is 14.6. The average Bonchev–Trinajstić information content (AvgIpc) is 3.52. The average molecular weight is 568 g/mol. The van der Waals surface area contributed by atoms with Crippen LogP contribution in [0.5, 0.6) is 17.2 Å². The van der Waals surface area contributed by atoms with Crippen LogP contribution in [0.15, 0.2) is 29.6 Å². The van der Waals surface area contributed by atoms with Crippen LogP contribution in [-0.4, -0.2) is 52.7 Å². The van der Waals surface area contributed by atoms with E-state index in [1.807, 2.05) is 61.9 Å². The summed E-state index contributed by atoms with van der Waals surface area (Å²) >= 11 is 1.61. The lowest BCUT2D eigenvalue weighted by Gasteiger charge is -2.45. The quantitative estimate of drug-likeness (QED) is 0.325. The molecule has 3 atom stereocenters. The van der Waals surface area contributed by atoms with E-state index in [1.165, 1.54) is 6.42 Å². The standard InChI is InChI=1S/C31H41N3O5S/c1-6-37-25-15-21(16-26(38-7-2)28(25)39-8-3)18-34-29(35)24-17-27-23(13-14-40-27)33(24)19-31(34,5)30(36)32-22-12-10-9-11-20(22)4/h13-17,20,22H,6-12,18-19H2,1-5H3,(H,32,36)/t20-,22-,31-/m1/s1. The molecule has 5 rings (SSSR count). The van der Waals surface area contributed by atoms with Gasteiger partial charge in [-0.1, -0.05) is 19.8 Å². The number of amides is 2. The van der Waals surface area contributed by atoms with Gasteiger partial charge in [0.2, 0.25) is 11.7 Å². The van der Waals surface area contributed by atoms with Crippen molar-refractivity contribution in [2.75, 3.05) is 19.8 Å². The fraction of sp³-hybridized carbons (Fsp3) is 0.548. The summed E-state index contributed by atoms with van der Waals surface area (Å²) in [5.74, 6) is 1.84. The van der Waals surface area contributed by atoms with E-state index in [0.29, 0.717) is 55.2 Å². The molecule has 0 saturated heterocycles. The molecule has 1 fully saturated rings. The molecule has 8 nitrogen and oxygen atoms in total. The van der Waals surface area contributed by atoms with E-state index in [0.717, 1.165) is 35.0 Å². The Hall–Kier alpha value is -3.20. The van der Waals surface area contributed by atoms with Crippen LogP contribution in [-0.2, 0) is 17.9 Å². The van der Waals surface area contributed by atoms with Crippen LogP contribution in [0.3, 0.4) is 0 Å². The maximum absolute atomic E-state index is 14.2. The van der Waals surface area contributed by atoms with Gasteiger partial charge >= 0.3 is 0 Å². The molecular formula is C31H41N3O5S. The highest BCUT2D eigenvalue weighted by molar-refractivity contribution is 7.17. The van der Waals surface area contributed by atoms with E-state index in [9.17, 15) is 9.59 Å². The van der Waals surface area contributed by atoms with Gasteiger partial charge < -0.3 is 29.0 Å². The van der Waals surface area contributed by atoms with Gasteiger partial charge in [0.15, 0.2) is 11.5 Å². The molecule has 1 saturated carbocycles. The molecule has 2 aliphatic rings. The number of thiophene rings is 1. The maximum Gasteiger partial charge on any atom is 0.271 e. The molecule has 9 heteroatoms. The predicted molar refractivity (Wildman–Crippen MR) is 158 cm³/mol. The van der Waals surface area contributed by atoms with Crippen molar-refractivity contribution >= 4 is 33.4 Å². The zero-order chi connectivity index (χ0) is 28.4. The largest absolute Gasteiger partial charge is 0.490 e. The maximum atomic E-state index is 14.2. The number of aromatic nitrogens is 1. The molecule has 40 heavy (non-hydrogen) atoms. The summed E-state index contributed by atoms with van der Waals surface area (Å²) in [4.78, 5) is 30.1. The Morgan fingerprint density at radius 2 is 1.73 bits per heavy atom. The summed E-state index contributed by atoms with van der Waals surface area (Å²) in [5.41, 5.74) is 1.33. The van der Waals surface area contributed by atoms with Gasteiger partial charge in [-0.05, 0) is 81.7 Å². The molecule has 1 aliphatic heterocycles. The first-order valence-corrected chi connectivity index (χ1v) is 15.4. The molecule has 1 N–H and O–H groups in total. The van der Waals surface area contributed by atoms with Crippen molar-refractivity contribution in [3.8, 4) is 17.2 Å². The van der Waals surface area contributed by atoms with Crippen LogP contribution >= 0.6 is 11.3 Å². The summed E-state index contributed by atoms with van der Waals surface area (Å²) in [7, 11) is 0. The lowest BCUT2D eigenvalue weighted by molar-refractivity contribution is -0.134. The molecule has 0 unspecified atom stereocenters. The van der Waals surface area contributed by atoms with Gasteiger partial charge in [0.1, 0.15) is 11.2 Å². The summed E-state index contributed by atoms with van der Waals surface area (Å²) < 4.78 is 20.8. The minimum atomic E-state index is -1.09. The third kappa shape index (κ3) is 5.16. The van der Waals surface area contributed by atoms with Crippen molar-refractivity contribution in [3.63, 3.8) is 0 Å². The van der Waals surface area contributed by atoms with E-state index in [-0.39, 0.29) is 24.4 Å². The summed E-state index contributed by atoms with van der Waals surface area (Å²) in [6.07, 6.45) is 4.38. The lowest BCUT2D eigenvalue weighted by Crippen LogP contribution is -2.65. The Kier molecular flexibility index (Phi) is 8.31. The van der Waals surface area contributed by atoms with Crippen molar-refractivity contribution in [1.29, 1.82) is 0 Å². The van der Waals surface area contributed by atoms with Gasteiger partial charge in [0.05, 0.1) is 36.6 Å². The van der Waals surface area contributed by atoms with Crippen LogP contribution in [0.1, 0.15) is 76.4 Å². The van der Waals surface area contributed by atoms with E-state index >= 15 is 0 Å². The number of benzene rings is 1. The molecule has 1 aliphatic carbocycles. The number of nitrogens with zero attached hydrogens (tertiary/aromatic N) is 2. The number of nitrogens with one attached hydrogen (secondary N) is 1. The van der Waals surface area contributed by atoms with Crippen LogP contribution in [0.4, 0.5) is 0 Å². The summed E-state index contributed by atoms with van der Waals surface area (Å²) in [5, 5.41) is 5.38. The van der Waals surface area contributed by atoms with E-state index in [1.54, 1.807) is 16.2 Å². The molecule has 0 bridgehead atoms. The van der Waals surface area contributed by atoms with Crippen molar-refractivity contribution < 1.29 is 23.8 Å². The third-order valence-corrected chi connectivity index (χ3v) is 9.13. The van der Waals surface area contributed by atoms with Crippen LogP contribution in [0.25, 0.3) is 10.2 Å². The Labute approximate surface area is 240 Å². The summed E-state index contributed by atoms with van der Waals surface area (Å²) in [6, 6.07) is 7.90. The molecule has 1 aromatic carbocycles. The number of fused-ring (bicyclic) bond motifs is 3. The first-order chi connectivity index (χ1) is 19.3. The molecule has 216 valence electrons. The second-order valence-electron chi connectivity index (χ2n) is 11.0. The number of carbonyl (C=O) groups is 2. The van der Waals surface area contributed by atoms with Gasteiger partial charge in [-0.3, -0.25) is 9.59 Å². The SMILES string of the molecule is CCOc1cc(CN2C(=O)c3cc4sccc4n3C[C@]2(C)C(=O)N[C@@H]2CCCC[C@H]2C)cc(OCC)c1OCC. The Morgan fingerprint density at radius 3 is 2.38 bits per heavy atom. The fourth-order valence-electron chi connectivity index (χ4n) is 6.09. The zero-order valence-electron chi connectivity index (χ0n) is 24.2. The molecular weight excluding hydrogens is 526 g/mol. The molecule has 2 amide bonds. The van der Waals surface area contributed by atoms with Crippen molar-refractivity contribution in [3.05, 3.63) is 40.9 Å². The molecule has 3 aromatic rings. The minimum absolute atomic E-state index is 0.108. The van der Waals surface area contributed by atoms with Crippen LogP contribution in [0, 0.1) is 5.92 Å². The highest BCUT2D eigenvalue weighted by Crippen LogP contribution is 2.41. The van der Waals surface area contributed by atoms with Gasteiger partial charge in [-0.25, -0.2) is 0 Å². The normalized spacial score (nSPS) is 22.7. The number of rotatable bonds is 10. The topological polar surface area (TPSA) is 82.0 Å². The lowest BCUT2D eigenvalue weighted by atomic mass is 9.85. The third-order valence-electron chi connectivity index (χ3n) is 8.28. The van der Waals surface area contributed by atoms with Crippen molar-refractivity contribution in [1.82, 2.24) is 14.8 Å². The Balaban J connectivity index is 1.55. The predicted octanol–water partition coefficient (Wildman–Crippen LogP) is 6.01. The highest BCUT2D eigenvalue weighted by atomic mass is 32.1. The zero-order valence-corrected chi connectivity index (χ0v) is 25.1. The second kappa shape index (κ2) is 11.7. The smallest absolute Gasteiger partial charge is 0.271 e. The van der Waals surface area contributed by atoms with Crippen LogP contribution < -0.4 is 19.5 Å². The second-order valence-corrected chi connectivity index (χ2v) is 12.0. The number of hydrogen-bond acceptors (Lipinski definition) is 6. The van der Waals surface area contributed by atoms with Gasteiger partial charge in [-0.2, -0.15) is 0 Å². The number of hydrogen-bond donors (Lipinski definition) is 1. The molecule has 3 heterocycles. The molecule has 0 spiro atoms. The Morgan fingerprint density at radius 1 is 1.05 bits per heavy atom. The minimum Gasteiger partial charge on any atom is -0.490 e. The van der Waals surface area contributed by atoms with E-state index in [4.69, 9.17) is 14.2 Å². The first kappa shape index (κ1) is 28.3. The fourth-order valence-corrected chi connectivity index (χ4v) is 6.91. The van der Waals surface area contributed by atoms with Crippen LogP contribution in [0.2, 0.25) is 0 Å². The van der Waals surface area contributed by atoms with Gasteiger partial charge in [0, 0.05) is 12.6 Å². The van der Waals surface area contributed by atoms with E-state index < -0.39 is 5.54 Å². The highest BCUT2D eigenvalue weighted by Gasteiger charge is 2.48. The van der Waals surface area contributed by atoms with Crippen molar-refractivity contribution in [2.24, 2.45) is 5.92 Å². The van der Waals surface area contributed by atoms with Crippen molar-refractivity contribution in [2.45, 2.75) is 85.0 Å². The number of carbonyl (C=O) groups excluding carboxylic acids is 2.